The lowest BCUT2D eigenvalue weighted by Gasteiger charge is -2.32. The quantitative estimate of drug-likeness (QED) is 0.667. The second kappa shape index (κ2) is 5.71. The number of hydrogen-bond acceptors (Lipinski definition) is 5. The molecule has 8 nitrogen and oxygen atoms in total. The maximum absolute atomic E-state index is 11.9. The van der Waals surface area contributed by atoms with Crippen molar-refractivity contribution in [2.45, 2.75) is 45.1 Å². The predicted molar refractivity (Wildman–Crippen MR) is 75.0 cm³/mol. The number of piperidine rings is 1. The van der Waals surface area contributed by atoms with Crippen LogP contribution in [0.4, 0.5) is 10.6 Å². The number of aromatic nitrogens is 2. The molecular formula is C13H20N4O4. The van der Waals surface area contributed by atoms with E-state index in [0.29, 0.717) is 31.8 Å². The molecule has 0 aliphatic carbocycles. The van der Waals surface area contributed by atoms with Crippen molar-refractivity contribution in [3.05, 3.63) is 22.1 Å². The molecule has 0 atom stereocenters. The summed E-state index contributed by atoms with van der Waals surface area (Å²) in [4.78, 5) is 30.5. The Kier molecular flexibility index (Phi) is 4.15. The van der Waals surface area contributed by atoms with Gasteiger partial charge in [0.1, 0.15) is 11.8 Å². The van der Waals surface area contributed by atoms with Crippen LogP contribution in [0, 0.1) is 10.1 Å². The van der Waals surface area contributed by atoms with Crippen LogP contribution in [0.3, 0.4) is 0 Å². The highest BCUT2D eigenvalue weighted by molar-refractivity contribution is 5.68. The van der Waals surface area contributed by atoms with E-state index in [9.17, 15) is 14.9 Å². The fourth-order valence-electron chi connectivity index (χ4n) is 2.29. The molecule has 1 aliphatic heterocycles. The standard InChI is InChI=1S/C13H20N4O4/c1-13(2,3)21-12(18)16-6-4-9(5-7-16)11-14-8-10(15-11)17(19)20/h8-9H,4-7H2,1-3H3,(H,14,15). The second-order valence-electron chi connectivity index (χ2n) is 6.15. The summed E-state index contributed by atoms with van der Waals surface area (Å²) in [5.41, 5.74) is -0.504. The molecule has 0 radical (unpaired) electrons. The largest absolute Gasteiger partial charge is 0.444 e. The van der Waals surface area contributed by atoms with Crippen LogP contribution >= 0.6 is 0 Å². The number of amides is 1. The molecule has 1 aromatic rings. The number of hydrogen-bond donors (Lipinski definition) is 1. The second-order valence-corrected chi connectivity index (χ2v) is 6.15. The van der Waals surface area contributed by atoms with Crippen molar-refractivity contribution in [3.8, 4) is 0 Å². The van der Waals surface area contributed by atoms with E-state index in [1.165, 1.54) is 6.20 Å². The van der Waals surface area contributed by atoms with Gasteiger partial charge < -0.3 is 19.8 Å². The van der Waals surface area contributed by atoms with E-state index in [0.717, 1.165) is 0 Å². The predicted octanol–water partition coefficient (Wildman–Crippen LogP) is 2.43. The van der Waals surface area contributed by atoms with E-state index in [2.05, 4.69) is 9.97 Å². The summed E-state index contributed by atoms with van der Waals surface area (Å²) in [6, 6.07) is 0. The zero-order valence-corrected chi connectivity index (χ0v) is 12.5. The minimum Gasteiger partial charge on any atom is -0.444 e. The molecule has 0 bridgehead atoms. The van der Waals surface area contributed by atoms with E-state index in [1.807, 2.05) is 20.8 Å². The third kappa shape index (κ3) is 3.93. The molecule has 1 amide bonds. The number of nitrogens with one attached hydrogen (secondary N) is 1. The molecule has 0 saturated carbocycles. The van der Waals surface area contributed by atoms with Crippen molar-refractivity contribution in [1.29, 1.82) is 0 Å². The lowest BCUT2D eigenvalue weighted by molar-refractivity contribution is -0.389. The first-order valence-corrected chi connectivity index (χ1v) is 6.93. The van der Waals surface area contributed by atoms with Crippen LogP contribution in [-0.2, 0) is 4.74 Å². The van der Waals surface area contributed by atoms with Crippen molar-refractivity contribution in [2.24, 2.45) is 0 Å². The number of rotatable bonds is 2. The highest BCUT2D eigenvalue weighted by Crippen LogP contribution is 2.27. The van der Waals surface area contributed by atoms with E-state index < -0.39 is 10.5 Å². The van der Waals surface area contributed by atoms with Crippen LogP contribution < -0.4 is 0 Å². The Hall–Kier alpha value is -2.12. The summed E-state index contributed by atoms with van der Waals surface area (Å²) in [5.74, 6) is 0.627. The van der Waals surface area contributed by atoms with E-state index in [1.54, 1.807) is 4.90 Å². The maximum Gasteiger partial charge on any atom is 0.410 e. The fourth-order valence-corrected chi connectivity index (χ4v) is 2.29. The summed E-state index contributed by atoms with van der Waals surface area (Å²) in [7, 11) is 0. The molecule has 2 rings (SSSR count). The third-order valence-corrected chi connectivity index (χ3v) is 3.31. The molecule has 116 valence electrons. The number of carbonyl (C=O) groups excluding carboxylic acids is 1. The van der Waals surface area contributed by atoms with Crippen molar-refractivity contribution in [1.82, 2.24) is 14.9 Å². The van der Waals surface area contributed by atoms with Crippen LogP contribution in [-0.4, -0.2) is 44.6 Å². The summed E-state index contributed by atoms with van der Waals surface area (Å²) in [6.45, 7) is 6.63. The van der Waals surface area contributed by atoms with Gasteiger partial charge in [-0.2, -0.15) is 0 Å². The summed E-state index contributed by atoms with van der Waals surface area (Å²) >= 11 is 0. The lowest BCUT2D eigenvalue weighted by Crippen LogP contribution is -2.41. The number of imidazole rings is 1. The monoisotopic (exact) mass is 296 g/mol. The zero-order chi connectivity index (χ0) is 15.6. The third-order valence-electron chi connectivity index (χ3n) is 3.31. The summed E-state index contributed by atoms with van der Waals surface area (Å²) in [6.07, 6.45) is 2.34. The van der Waals surface area contributed by atoms with Crippen molar-refractivity contribution < 1.29 is 14.5 Å². The summed E-state index contributed by atoms with van der Waals surface area (Å²) in [5, 5.41) is 10.6. The number of ether oxygens (including phenoxy) is 1. The van der Waals surface area contributed by atoms with Crippen LogP contribution in [0.15, 0.2) is 6.20 Å². The zero-order valence-electron chi connectivity index (χ0n) is 12.5. The Balaban J connectivity index is 1.90. The molecule has 2 heterocycles. The molecule has 1 aromatic heterocycles. The van der Waals surface area contributed by atoms with E-state index in [4.69, 9.17) is 4.74 Å². The van der Waals surface area contributed by atoms with Crippen molar-refractivity contribution >= 4 is 11.9 Å². The number of likely N-dealkylation sites (tertiary alicyclic amines) is 1. The molecule has 1 N–H and O–H groups in total. The first-order valence-electron chi connectivity index (χ1n) is 6.93. The van der Waals surface area contributed by atoms with Crippen LogP contribution in [0.5, 0.6) is 0 Å². The van der Waals surface area contributed by atoms with Gasteiger partial charge in [0.25, 0.3) is 0 Å². The molecule has 8 heteroatoms. The molecule has 21 heavy (non-hydrogen) atoms. The molecule has 0 unspecified atom stereocenters. The number of nitrogens with zero attached hydrogens (tertiary/aromatic N) is 3. The lowest BCUT2D eigenvalue weighted by atomic mass is 9.96. The van der Waals surface area contributed by atoms with E-state index in [-0.39, 0.29) is 17.8 Å². The van der Waals surface area contributed by atoms with Gasteiger partial charge in [0.15, 0.2) is 5.82 Å². The molecule has 0 spiro atoms. The first kappa shape index (κ1) is 15.3. The Morgan fingerprint density at radius 3 is 2.57 bits per heavy atom. The Labute approximate surface area is 122 Å². The normalized spacial score (nSPS) is 16.8. The molecule has 1 fully saturated rings. The number of H-pyrrole nitrogens is 1. The summed E-state index contributed by atoms with van der Waals surface area (Å²) < 4.78 is 5.33. The van der Waals surface area contributed by atoms with Gasteiger partial charge in [0.2, 0.25) is 0 Å². The van der Waals surface area contributed by atoms with Gasteiger partial charge in [0, 0.05) is 19.0 Å². The minimum absolute atomic E-state index is 0.0976. The van der Waals surface area contributed by atoms with E-state index >= 15 is 0 Å². The SMILES string of the molecule is CC(C)(C)OC(=O)N1CCC(c2ncc([N+](=O)[O-])[nH]2)CC1. The highest BCUT2D eigenvalue weighted by atomic mass is 16.6. The molecule has 0 aromatic carbocycles. The number of aromatic amines is 1. The van der Waals surface area contributed by atoms with Crippen molar-refractivity contribution in [2.75, 3.05) is 13.1 Å². The van der Waals surface area contributed by atoms with Gasteiger partial charge in [-0.25, -0.2) is 14.8 Å². The first-order chi connectivity index (χ1) is 9.76. The average Bonchev–Trinajstić information content (AvgIpc) is 2.86. The molecule has 1 saturated heterocycles. The Morgan fingerprint density at radius 1 is 1.48 bits per heavy atom. The van der Waals surface area contributed by atoms with Gasteiger partial charge in [-0.1, -0.05) is 0 Å². The van der Waals surface area contributed by atoms with Crippen LogP contribution in [0.1, 0.15) is 45.4 Å². The van der Waals surface area contributed by atoms with Crippen LogP contribution in [0.25, 0.3) is 0 Å². The maximum atomic E-state index is 11.9. The van der Waals surface area contributed by atoms with Crippen molar-refractivity contribution in [3.63, 3.8) is 0 Å². The molecular weight excluding hydrogens is 276 g/mol. The highest BCUT2D eigenvalue weighted by Gasteiger charge is 2.30. The van der Waals surface area contributed by atoms with Gasteiger partial charge in [-0.3, -0.25) is 0 Å². The minimum atomic E-state index is -0.504. The average molecular weight is 296 g/mol. The van der Waals surface area contributed by atoms with Gasteiger partial charge in [-0.15, -0.1) is 0 Å². The topological polar surface area (TPSA) is 101 Å². The van der Waals surface area contributed by atoms with Gasteiger partial charge in [0.05, 0.1) is 0 Å². The smallest absolute Gasteiger partial charge is 0.410 e. The van der Waals surface area contributed by atoms with Gasteiger partial charge in [-0.05, 0) is 38.5 Å². The number of nitro groups is 1. The fraction of sp³-hybridized carbons (Fsp3) is 0.692. The Morgan fingerprint density at radius 2 is 2.10 bits per heavy atom. The molecule has 1 aliphatic rings. The van der Waals surface area contributed by atoms with Gasteiger partial charge >= 0.3 is 11.9 Å². The Bertz CT molecular complexity index is 527. The number of carbonyl (C=O) groups is 1. The van der Waals surface area contributed by atoms with Crippen LogP contribution in [0.2, 0.25) is 0 Å².